The van der Waals surface area contributed by atoms with E-state index in [9.17, 15) is 0 Å². The van der Waals surface area contributed by atoms with Gasteiger partial charge in [-0.2, -0.15) is 0 Å². The lowest BCUT2D eigenvalue weighted by atomic mass is 9.59. The zero-order valence-corrected chi connectivity index (χ0v) is 11.2. The van der Waals surface area contributed by atoms with E-state index in [1.165, 1.54) is 32.2 Å². The molecule has 2 heterocycles. The highest BCUT2D eigenvalue weighted by Gasteiger charge is 2.52. The Bertz CT molecular complexity index is 290. The fourth-order valence-corrected chi connectivity index (χ4v) is 5.45. The summed E-state index contributed by atoms with van der Waals surface area (Å²) >= 11 is 0. The Morgan fingerprint density at radius 1 is 0.824 bits per heavy atom. The SMILES string of the molecule is C[C@@H]1C2CNC1CC([C@H]1C3C[C@@H](C)CC1N3)C2. The molecule has 4 aliphatic rings. The van der Waals surface area contributed by atoms with E-state index in [1.54, 1.807) is 0 Å². The largest absolute Gasteiger partial charge is 0.313 e. The fraction of sp³-hybridized carbons (Fsp3) is 1.00. The van der Waals surface area contributed by atoms with Gasteiger partial charge < -0.3 is 10.6 Å². The van der Waals surface area contributed by atoms with Crippen LogP contribution in [0.5, 0.6) is 0 Å². The van der Waals surface area contributed by atoms with Gasteiger partial charge in [-0.05, 0) is 61.8 Å². The average Bonchev–Trinajstić information content (AvgIpc) is 2.51. The van der Waals surface area contributed by atoms with Crippen molar-refractivity contribution in [2.45, 2.75) is 57.7 Å². The third-order valence-electron chi connectivity index (χ3n) is 6.40. The van der Waals surface area contributed by atoms with Crippen molar-refractivity contribution in [2.75, 3.05) is 6.54 Å². The average molecular weight is 234 g/mol. The molecule has 5 unspecified atom stereocenters. The maximum Gasteiger partial charge on any atom is 0.0118 e. The first-order valence-corrected chi connectivity index (χ1v) is 7.72. The summed E-state index contributed by atoms with van der Waals surface area (Å²) in [6, 6.07) is 2.60. The molecule has 0 spiro atoms. The summed E-state index contributed by atoms with van der Waals surface area (Å²) in [5, 5.41) is 7.55. The van der Waals surface area contributed by atoms with Gasteiger partial charge in [0.25, 0.3) is 0 Å². The van der Waals surface area contributed by atoms with Gasteiger partial charge in [-0.15, -0.1) is 0 Å². The first-order chi connectivity index (χ1) is 8.22. The van der Waals surface area contributed by atoms with Crippen molar-refractivity contribution in [2.24, 2.45) is 29.6 Å². The van der Waals surface area contributed by atoms with E-state index in [-0.39, 0.29) is 0 Å². The molecule has 0 aromatic rings. The molecule has 96 valence electrons. The van der Waals surface area contributed by atoms with Crippen LogP contribution >= 0.6 is 0 Å². The van der Waals surface area contributed by atoms with Crippen molar-refractivity contribution in [1.82, 2.24) is 10.6 Å². The molecule has 2 aliphatic carbocycles. The number of hydrogen-bond acceptors (Lipinski definition) is 2. The lowest BCUT2D eigenvalue weighted by Crippen LogP contribution is -2.68. The van der Waals surface area contributed by atoms with Crippen LogP contribution in [0.25, 0.3) is 0 Å². The van der Waals surface area contributed by atoms with Gasteiger partial charge in [0.1, 0.15) is 0 Å². The van der Waals surface area contributed by atoms with E-state index >= 15 is 0 Å². The van der Waals surface area contributed by atoms with Crippen LogP contribution in [0.15, 0.2) is 0 Å². The van der Waals surface area contributed by atoms with Crippen molar-refractivity contribution in [3.05, 3.63) is 0 Å². The normalized spacial score (nSPS) is 61.1. The number of nitrogens with one attached hydrogen (secondary N) is 2. The van der Waals surface area contributed by atoms with Gasteiger partial charge >= 0.3 is 0 Å². The molecule has 0 radical (unpaired) electrons. The standard InChI is InChI=1S/C15H26N2/c1-8-3-13-15(14(4-8)17-13)10-5-11-7-16-12(6-10)9(11)2/h8-17H,3-7H2,1-2H3/t8-,9-,10?,11?,12?,13?,14?,15+/m1/s1. The molecule has 4 rings (SSSR count). The van der Waals surface area contributed by atoms with E-state index < -0.39 is 0 Å². The Labute approximate surface area is 105 Å². The van der Waals surface area contributed by atoms with Crippen molar-refractivity contribution in [3.8, 4) is 0 Å². The predicted octanol–water partition coefficient (Wildman–Crippen LogP) is 2.01. The number of fused-ring (bicyclic) bond motifs is 4. The van der Waals surface area contributed by atoms with E-state index in [1.807, 2.05) is 0 Å². The summed E-state index contributed by atoms with van der Waals surface area (Å²) in [4.78, 5) is 0. The minimum atomic E-state index is 0.845. The molecule has 2 N–H and O–H groups in total. The highest BCUT2D eigenvalue weighted by Crippen LogP contribution is 2.49. The van der Waals surface area contributed by atoms with Crippen LogP contribution in [-0.4, -0.2) is 24.7 Å². The molecular formula is C15H26N2. The molecule has 17 heavy (non-hydrogen) atoms. The third-order valence-corrected chi connectivity index (χ3v) is 6.40. The third kappa shape index (κ3) is 1.53. The van der Waals surface area contributed by atoms with E-state index in [0.717, 1.165) is 47.7 Å². The molecule has 6 atom stereocenters. The minimum absolute atomic E-state index is 0.845. The Hall–Kier alpha value is -0.0800. The topological polar surface area (TPSA) is 24.1 Å². The summed E-state index contributed by atoms with van der Waals surface area (Å²) in [5.74, 6) is 4.96. The molecule has 2 aliphatic heterocycles. The van der Waals surface area contributed by atoms with Crippen LogP contribution in [0, 0.1) is 29.6 Å². The van der Waals surface area contributed by atoms with Crippen LogP contribution in [0.4, 0.5) is 0 Å². The summed E-state index contributed by atoms with van der Waals surface area (Å²) in [6.07, 6.45) is 5.86. The molecule has 0 aromatic heterocycles. The second-order valence-corrected chi connectivity index (χ2v) is 7.40. The van der Waals surface area contributed by atoms with Crippen LogP contribution in [0.1, 0.15) is 39.5 Å². The number of rotatable bonds is 1. The second kappa shape index (κ2) is 3.71. The first kappa shape index (κ1) is 10.8. The smallest absolute Gasteiger partial charge is 0.0118 e. The van der Waals surface area contributed by atoms with E-state index in [4.69, 9.17) is 0 Å². The summed E-state index contributed by atoms with van der Waals surface area (Å²) in [6.45, 7) is 6.20. The van der Waals surface area contributed by atoms with Crippen molar-refractivity contribution in [3.63, 3.8) is 0 Å². The van der Waals surface area contributed by atoms with E-state index in [2.05, 4.69) is 24.5 Å². The maximum absolute atomic E-state index is 3.80. The van der Waals surface area contributed by atoms with Crippen molar-refractivity contribution < 1.29 is 0 Å². The Kier molecular flexibility index (Phi) is 2.36. The number of hydrogen-bond donors (Lipinski definition) is 2. The summed E-state index contributed by atoms with van der Waals surface area (Å²) in [5.41, 5.74) is 0. The van der Waals surface area contributed by atoms with Gasteiger partial charge in [-0.25, -0.2) is 0 Å². The predicted molar refractivity (Wildman–Crippen MR) is 69.8 cm³/mol. The Balaban J connectivity index is 1.47. The highest BCUT2D eigenvalue weighted by molar-refractivity contribution is 5.08. The molecule has 2 nitrogen and oxygen atoms in total. The summed E-state index contributed by atoms with van der Waals surface area (Å²) < 4.78 is 0. The van der Waals surface area contributed by atoms with Gasteiger partial charge in [0.05, 0.1) is 0 Å². The lowest BCUT2D eigenvalue weighted by Gasteiger charge is -2.57. The molecule has 4 bridgehead atoms. The first-order valence-electron chi connectivity index (χ1n) is 7.72. The molecule has 2 heteroatoms. The van der Waals surface area contributed by atoms with Crippen LogP contribution in [0.3, 0.4) is 0 Å². The van der Waals surface area contributed by atoms with Crippen molar-refractivity contribution in [1.29, 1.82) is 0 Å². The Morgan fingerprint density at radius 2 is 1.59 bits per heavy atom. The number of piperidine rings is 1. The highest BCUT2D eigenvalue weighted by atomic mass is 15.1. The molecule has 0 amide bonds. The zero-order chi connectivity index (χ0) is 11.6. The molecule has 4 fully saturated rings. The summed E-state index contributed by atoms with van der Waals surface area (Å²) in [7, 11) is 0. The van der Waals surface area contributed by atoms with Crippen LogP contribution in [-0.2, 0) is 0 Å². The molecule has 0 aromatic carbocycles. The maximum atomic E-state index is 3.80. The lowest BCUT2D eigenvalue weighted by molar-refractivity contribution is -0.0140. The fourth-order valence-electron chi connectivity index (χ4n) is 5.45. The quantitative estimate of drug-likeness (QED) is 0.725. The Morgan fingerprint density at radius 3 is 2.29 bits per heavy atom. The van der Waals surface area contributed by atoms with Gasteiger partial charge in [0, 0.05) is 18.1 Å². The van der Waals surface area contributed by atoms with Gasteiger partial charge in [0.2, 0.25) is 0 Å². The zero-order valence-electron chi connectivity index (χ0n) is 11.2. The van der Waals surface area contributed by atoms with Crippen molar-refractivity contribution >= 4 is 0 Å². The monoisotopic (exact) mass is 234 g/mol. The van der Waals surface area contributed by atoms with Crippen LogP contribution in [0.2, 0.25) is 0 Å². The van der Waals surface area contributed by atoms with Gasteiger partial charge in [0.15, 0.2) is 0 Å². The molecule has 2 saturated heterocycles. The van der Waals surface area contributed by atoms with Gasteiger partial charge in [-0.1, -0.05) is 13.8 Å². The van der Waals surface area contributed by atoms with Gasteiger partial charge in [-0.3, -0.25) is 0 Å². The minimum Gasteiger partial charge on any atom is -0.313 e. The molecular weight excluding hydrogens is 208 g/mol. The van der Waals surface area contributed by atoms with E-state index in [0.29, 0.717) is 0 Å². The van der Waals surface area contributed by atoms with Crippen LogP contribution < -0.4 is 10.6 Å². The molecule has 2 saturated carbocycles. The second-order valence-electron chi connectivity index (χ2n) is 7.40.